The minimum atomic E-state index is -0.592. The standard InChI is InChI=1S/C15H21N3O/c1-11-4-6-12(7-5-11)17-15(14(16)19)8-10-18-9-2-3-13(15)18/h4-7,13,17H,2-3,8-10H2,1H3,(H2,16,19). The van der Waals surface area contributed by atoms with Crippen LogP contribution in [0.4, 0.5) is 5.69 Å². The number of primary amides is 1. The molecule has 1 aromatic rings. The summed E-state index contributed by atoms with van der Waals surface area (Å²) >= 11 is 0. The Bertz CT molecular complexity index is 485. The lowest BCUT2D eigenvalue weighted by atomic mass is 9.87. The smallest absolute Gasteiger partial charge is 0.244 e. The number of hydrogen-bond donors (Lipinski definition) is 2. The van der Waals surface area contributed by atoms with Crippen molar-refractivity contribution in [1.82, 2.24) is 4.90 Å². The average Bonchev–Trinajstić information content (AvgIpc) is 2.96. The molecule has 3 rings (SSSR count). The lowest BCUT2D eigenvalue weighted by Crippen LogP contribution is -2.57. The van der Waals surface area contributed by atoms with Crippen LogP contribution in [0.15, 0.2) is 24.3 Å². The maximum atomic E-state index is 12.1. The molecule has 19 heavy (non-hydrogen) atoms. The van der Waals surface area contributed by atoms with Crippen molar-refractivity contribution in [3.8, 4) is 0 Å². The van der Waals surface area contributed by atoms with Gasteiger partial charge in [0.1, 0.15) is 5.54 Å². The summed E-state index contributed by atoms with van der Waals surface area (Å²) in [4.78, 5) is 14.5. The van der Waals surface area contributed by atoms with Crippen LogP contribution in [-0.2, 0) is 4.79 Å². The van der Waals surface area contributed by atoms with E-state index in [1.807, 2.05) is 12.1 Å². The highest BCUT2D eigenvalue weighted by Crippen LogP contribution is 2.38. The van der Waals surface area contributed by atoms with Crippen LogP contribution in [0, 0.1) is 6.92 Å². The van der Waals surface area contributed by atoms with E-state index >= 15 is 0 Å². The van der Waals surface area contributed by atoms with Crippen LogP contribution in [0.5, 0.6) is 0 Å². The molecule has 0 spiro atoms. The molecule has 2 aliphatic heterocycles. The van der Waals surface area contributed by atoms with Gasteiger partial charge in [-0.3, -0.25) is 9.69 Å². The van der Waals surface area contributed by atoms with E-state index in [1.165, 1.54) is 5.56 Å². The number of carbonyl (C=O) groups excluding carboxylic acids is 1. The van der Waals surface area contributed by atoms with Crippen molar-refractivity contribution in [3.63, 3.8) is 0 Å². The highest BCUT2D eigenvalue weighted by atomic mass is 16.1. The largest absolute Gasteiger partial charge is 0.370 e. The average molecular weight is 259 g/mol. The fourth-order valence-electron chi connectivity index (χ4n) is 3.53. The number of fused-ring (bicyclic) bond motifs is 1. The quantitative estimate of drug-likeness (QED) is 0.865. The van der Waals surface area contributed by atoms with E-state index in [1.54, 1.807) is 0 Å². The Morgan fingerprint density at radius 3 is 2.79 bits per heavy atom. The minimum absolute atomic E-state index is 0.220. The summed E-state index contributed by atoms with van der Waals surface area (Å²) in [6.45, 7) is 4.11. The Hall–Kier alpha value is -1.55. The van der Waals surface area contributed by atoms with E-state index in [0.717, 1.165) is 38.0 Å². The van der Waals surface area contributed by atoms with Crippen LogP contribution in [0.2, 0.25) is 0 Å². The van der Waals surface area contributed by atoms with Crippen molar-refractivity contribution in [2.24, 2.45) is 5.73 Å². The normalized spacial score (nSPS) is 30.3. The molecule has 1 amide bonds. The summed E-state index contributed by atoms with van der Waals surface area (Å²) in [5, 5.41) is 3.44. The van der Waals surface area contributed by atoms with Crippen molar-refractivity contribution in [1.29, 1.82) is 0 Å². The summed E-state index contributed by atoms with van der Waals surface area (Å²) in [6, 6.07) is 8.41. The van der Waals surface area contributed by atoms with E-state index in [4.69, 9.17) is 5.73 Å². The Labute approximate surface area is 114 Å². The summed E-state index contributed by atoms with van der Waals surface area (Å²) in [7, 11) is 0. The van der Waals surface area contributed by atoms with Crippen molar-refractivity contribution < 1.29 is 4.79 Å². The second-order valence-corrected chi connectivity index (χ2v) is 5.77. The van der Waals surface area contributed by atoms with Crippen LogP contribution in [0.3, 0.4) is 0 Å². The summed E-state index contributed by atoms with van der Waals surface area (Å²) < 4.78 is 0. The minimum Gasteiger partial charge on any atom is -0.370 e. The summed E-state index contributed by atoms with van der Waals surface area (Å²) in [5.41, 5.74) is 7.35. The second-order valence-electron chi connectivity index (χ2n) is 5.77. The van der Waals surface area contributed by atoms with Gasteiger partial charge in [-0.25, -0.2) is 0 Å². The third-order valence-electron chi connectivity index (χ3n) is 4.58. The van der Waals surface area contributed by atoms with Gasteiger partial charge in [0.05, 0.1) is 0 Å². The lowest BCUT2D eigenvalue weighted by molar-refractivity contribution is -0.122. The van der Waals surface area contributed by atoms with Crippen molar-refractivity contribution >= 4 is 11.6 Å². The first-order chi connectivity index (χ1) is 9.12. The zero-order chi connectivity index (χ0) is 13.5. The number of nitrogens with two attached hydrogens (primary N) is 1. The molecule has 2 heterocycles. The molecule has 4 heteroatoms. The zero-order valence-electron chi connectivity index (χ0n) is 11.4. The van der Waals surface area contributed by atoms with Gasteiger partial charge in [0, 0.05) is 18.3 Å². The topological polar surface area (TPSA) is 58.4 Å². The van der Waals surface area contributed by atoms with Gasteiger partial charge in [-0.1, -0.05) is 17.7 Å². The molecule has 2 saturated heterocycles. The maximum Gasteiger partial charge on any atom is 0.244 e. The van der Waals surface area contributed by atoms with Gasteiger partial charge in [-0.2, -0.15) is 0 Å². The van der Waals surface area contributed by atoms with Crippen LogP contribution in [0.1, 0.15) is 24.8 Å². The molecular weight excluding hydrogens is 238 g/mol. The van der Waals surface area contributed by atoms with Gasteiger partial charge in [-0.15, -0.1) is 0 Å². The molecule has 2 aliphatic rings. The molecule has 102 valence electrons. The van der Waals surface area contributed by atoms with Gasteiger partial charge < -0.3 is 11.1 Å². The maximum absolute atomic E-state index is 12.1. The number of benzene rings is 1. The van der Waals surface area contributed by atoms with E-state index in [-0.39, 0.29) is 11.9 Å². The summed E-state index contributed by atoms with van der Waals surface area (Å²) in [5.74, 6) is -0.220. The predicted molar refractivity (Wildman–Crippen MR) is 75.9 cm³/mol. The van der Waals surface area contributed by atoms with E-state index in [9.17, 15) is 4.79 Å². The van der Waals surface area contributed by atoms with Crippen molar-refractivity contribution in [3.05, 3.63) is 29.8 Å². The first kappa shape index (κ1) is 12.5. The second kappa shape index (κ2) is 4.53. The van der Waals surface area contributed by atoms with Gasteiger partial charge in [0.25, 0.3) is 0 Å². The fourth-order valence-corrected chi connectivity index (χ4v) is 3.53. The Morgan fingerprint density at radius 2 is 2.11 bits per heavy atom. The van der Waals surface area contributed by atoms with Crippen LogP contribution < -0.4 is 11.1 Å². The number of aryl methyl sites for hydroxylation is 1. The zero-order valence-corrected chi connectivity index (χ0v) is 11.4. The molecule has 2 unspecified atom stereocenters. The first-order valence-corrected chi connectivity index (χ1v) is 7.01. The molecule has 0 radical (unpaired) electrons. The van der Waals surface area contributed by atoms with E-state index in [0.29, 0.717) is 0 Å². The van der Waals surface area contributed by atoms with Crippen LogP contribution in [0.25, 0.3) is 0 Å². The third kappa shape index (κ3) is 2.00. The van der Waals surface area contributed by atoms with Gasteiger partial charge in [-0.05, 0) is 44.9 Å². The number of nitrogens with zero attached hydrogens (tertiary/aromatic N) is 1. The number of anilines is 1. The molecule has 0 saturated carbocycles. The predicted octanol–water partition coefficient (Wildman–Crippen LogP) is 1.50. The highest BCUT2D eigenvalue weighted by molar-refractivity contribution is 5.89. The molecule has 2 atom stereocenters. The van der Waals surface area contributed by atoms with Gasteiger partial charge >= 0.3 is 0 Å². The van der Waals surface area contributed by atoms with Crippen molar-refractivity contribution in [2.45, 2.75) is 37.8 Å². The third-order valence-corrected chi connectivity index (χ3v) is 4.58. The van der Waals surface area contributed by atoms with Gasteiger partial charge in [0.15, 0.2) is 0 Å². The number of nitrogens with one attached hydrogen (secondary N) is 1. The monoisotopic (exact) mass is 259 g/mol. The molecule has 2 fully saturated rings. The number of rotatable bonds is 3. The number of carbonyl (C=O) groups is 1. The lowest BCUT2D eigenvalue weighted by Gasteiger charge is -2.34. The molecule has 0 bridgehead atoms. The molecule has 4 nitrogen and oxygen atoms in total. The van der Waals surface area contributed by atoms with Crippen LogP contribution >= 0.6 is 0 Å². The van der Waals surface area contributed by atoms with Crippen molar-refractivity contribution in [2.75, 3.05) is 18.4 Å². The number of amides is 1. The Morgan fingerprint density at radius 1 is 1.37 bits per heavy atom. The Balaban J connectivity index is 1.89. The molecule has 1 aromatic carbocycles. The molecule has 3 N–H and O–H groups in total. The molecule has 0 aliphatic carbocycles. The van der Waals surface area contributed by atoms with Crippen LogP contribution in [-0.4, -0.2) is 35.5 Å². The van der Waals surface area contributed by atoms with Gasteiger partial charge in [0.2, 0.25) is 5.91 Å². The highest BCUT2D eigenvalue weighted by Gasteiger charge is 2.53. The van der Waals surface area contributed by atoms with E-state index < -0.39 is 5.54 Å². The fraction of sp³-hybridized carbons (Fsp3) is 0.533. The van der Waals surface area contributed by atoms with E-state index in [2.05, 4.69) is 29.3 Å². The Kier molecular flexibility index (Phi) is 2.97. The first-order valence-electron chi connectivity index (χ1n) is 7.01. The number of hydrogen-bond acceptors (Lipinski definition) is 3. The summed E-state index contributed by atoms with van der Waals surface area (Å²) in [6.07, 6.45) is 3.03. The molecule has 0 aromatic heterocycles. The SMILES string of the molecule is Cc1ccc(NC2(C(N)=O)CCN3CCCC32)cc1. The molecular formula is C15H21N3O.